The number of anilines is 1. The van der Waals surface area contributed by atoms with Crippen LogP contribution in [0.4, 0.5) is 5.69 Å². The van der Waals surface area contributed by atoms with Gasteiger partial charge in [0.1, 0.15) is 10.6 Å². The fraction of sp³-hybridized carbons (Fsp3) is 0.235. The van der Waals surface area contributed by atoms with Gasteiger partial charge in [-0.15, -0.1) is 0 Å². The molecular formula is C17H16Cl2N2O5S2. The normalized spacial score (nSPS) is 16.0. The summed E-state index contributed by atoms with van der Waals surface area (Å²) in [4.78, 5) is 3.64. The summed E-state index contributed by atoms with van der Waals surface area (Å²) in [7, 11) is -6.40. The Bertz CT molecular complexity index is 1210. The van der Waals surface area contributed by atoms with E-state index in [0.29, 0.717) is 5.56 Å². The molecule has 0 unspecified atom stereocenters. The van der Waals surface area contributed by atoms with Crippen molar-refractivity contribution in [1.29, 1.82) is 0 Å². The van der Waals surface area contributed by atoms with Gasteiger partial charge < -0.3 is 5.11 Å². The van der Waals surface area contributed by atoms with Crippen LogP contribution in [0.3, 0.4) is 0 Å². The van der Waals surface area contributed by atoms with Crippen molar-refractivity contribution in [2.45, 2.75) is 12.7 Å². The molecule has 7 nitrogen and oxygen atoms in total. The fourth-order valence-corrected chi connectivity index (χ4v) is 6.35. The summed E-state index contributed by atoms with van der Waals surface area (Å²) in [5.74, 6) is -1.12. The number of aliphatic hydroxyl groups is 1. The maximum atomic E-state index is 12.9. The summed E-state index contributed by atoms with van der Waals surface area (Å²) < 4.78 is 51.2. The predicted molar refractivity (Wildman–Crippen MR) is 111 cm³/mol. The standard InChI is InChI=1S/C17H16Cl2N2O5S2/c1-3-28(25,26)21(2)15-12(18)7-6-11(13(15)19)17-16(22)14-10(5-4-8-20-14)9-27(17,23)24/h4-8,22H,3,9H2,1-2H3. The Morgan fingerprint density at radius 2 is 1.93 bits per heavy atom. The highest BCUT2D eigenvalue weighted by molar-refractivity contribution is 8.00. The van der Waals surface area contributed by atoms with Gasteiger partial charge in [-0.25, -0.2) is 16.8 Å². The lowest BCUT2D eigenvalue weighted by Crippen LogP contribution is -2.28. The molecule has 2 heterocycles. The van der Waals surface area contributed by atoms with Crippen molar-refractivity contribution in [3.8, 4) is 0 Å². The molecule has 2 aromatic rings. The first kappa shape index (κ1) is 20.9. The maximum Gasteiger partial charge on any atom is 0.234 e. The Hall–Kier alpha value is -1.81. The van der Waals surface area contributed by atoms with Gasteiger partial charge in [0.2, 0.25) is 10.0 Å². The van der Waals surface area contributed by atoms with E-state index >= 15 is 0 Å². The minimum absolute atomic E-state index is 0.0279. The first-order chi connectivity index (χ1) is 13.0. The third-order valence-corrected chi connectivity index (χ3v) is 8.56. The molecule has 1 aromatic carbocycles. The zero-order valence-corrected chi connectivity index (χ0v) is 18.0. The Labute approximate surface area is 173 Å². The molecule has 0 amide bonds. The molecule has 0 atom stereocenters. The number of nitrogens with zero attached hydrogens (tertiary/aromatic N) is 2. The van der Waals surface area contributed by atoms with Crippen molar-refractivity contribution >= 4 is 59.4 Å². The second kappa shape index (κ2) is 7.22. The van der Waals surface area contributed by atoms with Crippen molar-refractivity contribution in [2.24, 2.45) is 0 Å². The molecule has 1 aromatic heterocycles. The van der Waals surface area contributed by atoms with E-state index < -0.39 is 30.5 Å². The lowest BCUT2D eigenvalue weighted by molar-refractivity contribution is 0.508. The van der Waals surface area contributed by atoms with E-state index in [2.05, 4.69) is 4.98 Å². The molecule has 0 radical (unpaired) electrons. The minimum atomic E-state index is -3.96. The van der Waals surface area contributed by atoms with Crippen LogP contribution in [0.1, 0.15) is 23.7 Å². The van der Waals surface area contributed by atoms with Crippen molar-refractivity contribution in [2.75, 3.05) is 17.1 Å². The largest absolute Gasteiger partial charge is 0.504 e. The monoisotopic (exact) mass is 462 g/mol. The molecule has 1 aliphatic rings. The molecule has 0 aliphatic carbocycles. The van der Waals surface area contributed by atoms with Crippen LogP contribution in [0.25, 0.3) is 10.7 Å². The number of benzene rings is 1. The number of sulfone groups is 1. The SMILES string of the molecule is CCS(=O)(=O)N(C)c1c(Cl)ccc(C2=C(O)c3ncccc3CS2(=O)=O)c1Cl. The van der Waals surface area contributed by atoms with Crippen LogP contribution in [0.2, 0.25) is 10.0 Å². The fourth-order valence-electron chi connectivity index (χ4n) is 2.93. The van der Waals surface area contributed by atoms with E-state index in [1.165, 1.54) is 32.3 Å². The van der Waals surface area contributed by atoms with E-state index in [1.54, 1.807) is 12.1 Å². The number of sulfonamides is 1. The number of pyridine rings is 1. The summed E-state index contributed by atoms with van der Waals surface area (Å²) in [6.07, 6.45) is 1.43. The predicted octanol–water partition coefficient (Wildman–Crippen LogP) is 3.49. The quantitative estimate of drug-likeness (QED) is 0.745. The van der Waals surface area contributed by atoms with Gasteiger partial charge in [-0.05, 0) is 24.6 Å². The van der Waals surface area contributed by atoms with Crippen LogP contribution in [-0.4, -0.2) is 39.7 Å². The van der Waals surface area contributed by atoms with Crippen molar-refractivity contribution in [1.82, 2.24) is 4.98 Å². The summed E-state index contributed by atoms with van der Waals surface area (Å²) in [6, 6.07) is 5.80. The number of aliphatic hydroxyl groups excluding tert-OH is 1. The molecule has 150 valence electrons. The molecule has 0 saturated carbocycles. The van der Waals surface area contributed by atoms with Crippen molar-refractivity contribution in [3.63, 3.8) is 0 Å². The van der Waals surface area contributed by atoms with E-state index in [9.17, 15) is 21.9 Å². The van der Waals surface area contributed by atoms with Gasteiger partial charge in [-0.2, -0.15) is 0 Å². The van der Waals surface area contributed by atoms with Gasteiger partial charge in [-0.3, -0.25) is 9.29 Å². The third kappa shape index (κ3) is 3.36. The van der Waals surface area contributed by atoms with E-state index in [1.807, 2.05) is 0 Å². The van der Waals surface area contributed by atoms with Crippen LogP contribution in [0.15, 0.2) is 30.5 Å². The average molecular weight is 463 g/mol. The Morgan fingerprint density at radius 3 is 2.57 bits per heavy atom. The van der Waals surface area contributed by atoms with Crippen LogP contribution < -0.4 is 4.31 Å². The lowest BCUT2D eigenvalue weighted by atomic mass is 10.1. The molecule has 3 rings (SSSR count). The van der Waals surface area contributed by atoms with Gasteiger partial charge in [-0.1, -0.05) is 35.3 Å². The minimum Gasteiger partial charge on any atom is -0.504 e. The van der Waals surface area contributed by atoms with Crippen LogP contribution in [-0.2, 0) is 25.6 Å². The molecule has 0 bridgehead atoms. The van der Waals surface area contributed by atoms with Gasteiger partial charge in [0.05, 0.1) is 27.2 Å². The molecule has 1 N–H and O–H groups in total. The Morgan fingerprint density at radius 1 is 1.25 bits per heavy atom. The zero-order chi connectivity index (χ0) is 20.9. The van der Waals surface area contributed by atoms with Gasteiger partial charge in [0, 0.05) is 18.8 Å². The first-order valence-electron chi connectivity index (χ1n) is 8.06. The van der Waals surface area contributed by atoms with E-state index in [-0.39, 0.29) is 38.5 Å². The van der Waals surface area contributed by atoms with E-state index in [0.717, 1.165) is 4.31 Å². The average Bonchev–Trinajstić information content (AvgIpc) is 2.62. The number of hydrogen-bond donors (Lipinski definition) is 1. The third-order valence-electron chi connectivity index (χ3n) is 4.40. The number of fused-ring (bicyclic) bond motifs is 1. The first-order valence-corrected chi connectivity index (χ1v) is 12.1. The lowest BCUT2D eigenvalue weighted by Gasteiger charge is -2.24. The molecule has 1 aliphatic heterocycles. The number of halogens is 2. The highest BCUT2D eigenvalue weighted by Crippen LogP contribution is 2.45. The summed E-state index contributed by atoms with van der Waals surface area (Å²) in [5.41, 5.74) is 0.382. The molecule has 0 saturated heterocycles. The molecule has 0 fully saturated rings. The van der Waals surface area contributed by atoms with Crippen molar-refractivity contribution < 1.29 is 21.9 Å². The van der Waals surface area contributed by atoms with Gasteiger partial charge in [0.15, 0.2) is 15.6 Å². The van der Waals surface area contributed by atoms with Crippen LogP contribution in [0, 0.1) is 0 Å². The Kier molecular flexibility index (Phi) is 5.39. The number of aromatic nitrogens is 1. The highest BCUT2D eigenvalue weighted by atomic mass is 35.5. The van der Waals surface area contributed by atoms with Gasteiger partial charge >= 0.3 is 0 Å². The zero-order valence-electron chi connectivity index (χ0n) is 14.8. The van der Waals surface area contributed by atoms with Crippen LogP contribution in [0.5, 0.6) is 0 Å². The summed E-state index contributed by atoms with van der Waals surface area (Å²) >= 11 is 12.6. The second-order valence-electron chi connectivity index (χ2n) is 6.07. The second-order valence-corrected chi connectivity index (χ2v) is 11.1. The smallest absolute Gasteiger partial charge is 0.234 e. The number of rotatable bonds is 4. The number of hydrogen-bond acceptors (Lipinski definition) is 6. The van der Waals surface area contributed by atoms with Crippen molar-refractivity contribution in [3.05, 3.63) is 57.3 Å². The van der Waals surface area contributed by atoms with Crippen LogP contribution >= 0.6 is 23.2 Å². The molecule has 0 spiro atoms. The molecule has 28 heavy (non-hydrogen) atoms. The molecule has 11 heteroatoms. The Balaban J connectivity index is 2.32. The summed E-state index contributed by atoms with van der Waals surface area (Å²) in [5, 5.41) is 10.5. The topological polar surface area (TPSA) is 105 Å². The highest BCUT2D eigenvalue weighted by Gasteiger charge is 2.35. The summed E-state index contributed by atoms with van der Waals surface area (Å²) in [6.45, 7) is 1.46. The van der Waals surface area contributed by atoms with E-state index in [4.69, 9.17) is 23.2 Å². The molecular weight excluding hydrogens is 447 g/mol. The maximum absolute atomic E-state index is 12.9. The van der Waals surface area contributed by atoms with Gasteiger partial charge in [0.25, 0.3) is 0 Å².